The topological polar surface area (TPSA) is 88.4 Å². The first-order valence-electron chi connectivity index (χ1n) is 7.96. The average Bonchev–Trinajstić information content (AvgIpc) is 3.19. The Bertz CT molecular complexity index is 888. The summed E-state index contributed by atoms with van der Waals surface area (Å²) in [5.41, 5.74) is 1.54. The van der Waals surface area contributed by atoms with Crippen molar-refractivity contribution in [3.05, 3.63) is 45.3 Å². The van der Waals surface area contributed by atoms with Crippen LogP contribution < -0.4 is 10.1 Å². The molecule has 1 amide bonds. The summed E-state index contributed by atoms with van der Waals surface area (Å²) in [6, 6.07) is 8.88. The van der Waals surface area contributed by atoms with Gasteiger partial charge in [-0.25, -0.2) is 4.79 Å². The van der Waals surface area contributed by atoms with E-state index in [1.807, 2.05) is 0 Å². The lowest BCUT2D eigenvalue weighted by Gasteiger charge is -2.08. The molecular weight excluding hydrogens is 376 g/mol. The van der Waals surface area contributed by atoms with Crippen LogP contribution in [-0.4, -0.2) is 25.1 Å². The molecule has 0 atom stereocenters. The zero-order valence-corrected chi connectivity index (χ0v) is 15.3. The van der Waals surface area contributed by atoms with Crippen molar-refractivity contribution >= 4 is 39.8 Å². The first kappa shape index (κ1) is 18.2. The molecule has 2 aromatic rings. The Balaban J connectivity index is 1.48. The van der Waals surface area contributed by atoms with E-state index < -0.39 is 18.5 Å². The molecule has 0 fully saturated rings. The summed E-state index contributed by atoms with van der Waals surface area (Å²) in [6.45, 7) is -0.800. The fraction of sp³-hybridized carbons (Fsp3) is 0.278. The van der Waals surface area contributed by atoms with Crippen LogP contribution in [0.2, 0.25) is 5.02 Å². The number of carbonyl (C=O) groups is 2. The molecule has 0 saturated carbocycles. The van der Waals surface area contributed by atoms with Gasteiger partial charge in [-0.1, -0.05) is 23.7 Å². The summed E-state index contributed by atoms with van der Waals surface area (Å²) in [7, 11) is 0. The van der Waals surface area contributed by atoms with Crippen LogP contribution in [0.3, 0.4) is 0 Å². The van der Waals surface area contributed by atoms with Gasteiger partial charge in [0, 0.05) is 4.88 Å². The van der Waals surface area contributed by atoms with Crippen molar-refractivity contribution in [3.63, 3.8) is 0 Å². The van der Waals surface area contributed by atoms with Crippen molar-refractivity contribution in [2.45, 2.75) is 19.3 Å². The van der Waals surface area contributed by atoms with E-state index in [1.54, 1.807) is 24.3 Å². The number of nitrogens with one attached hydrogen (secondary N) is 1. The maximum Gasteiger partial charge on any atom is 0.344 e. The molecule has 1 aromatic carbocycles. The van der Waals surface area contributed by atoms with Crippen LogP contribution in [-0.2, 0) is 27.2 Å². The summed E-state index contributed by atoms with van der Waals surface area (Å²) >= 11 is 7.33. The number of nitriles is 1. The van der Waals surface area contributed by atoms with Crippen LogP contribution in [0, 0.1) is 11.3 Å². The number of nitrogens with zero attached hydrogens (tertiary/aromatic N) is 1. The van der Waals surface area contributed by atoms with Crippen molar-refractivity contribution in [2.24, 2.45) is 0 Å². The van der Waals surface area contributed by atoms with Gasteiger partial charge in [0.2, 0.25) is 0 Å². The molecule has 0 saturated heterocycles. The van der Waals surface area contributed by atoms with Gasteiger partial charge in [0.15, 0.2) is 13.2 Å². The number of aryl methyl sites for hydroxylation is 1. The second kappa shape index (κ2) is 8.21. The van der Waals surface area contributed by atoms with Crippen molar-refractivity contribution in [3.8, 4) is 11.8 Å². The Kier molecular flexibility index (Phi) is 5.76. The zero-order valence-electron chi connectivity index (χ0n) is 13.7. The number of hydrogen-bond acceptors (Lipinski definition) is 6. The molecule has 6 nitrogen and oxygen atoms in total. The van der Waals surface area contributed by atoms with Crippen molar-refractivity contribution in [2.75, 3.05) is 18.5 Å². The Hall–Kier alpha value is -2.56. The Morgan fingerprint density at radius 3 is 2.85 bits per heavy atom. The minimum Gasteiger partial charge on any atom is -0.480 e. The normalized spacial score (nSPS) is 12.2. The maximum atomic E-state index is 12.0. The largest absolute Gasteiger partial charge is 0.480 e. The van der Waals surface area contributed by atoms with Gasteiger partial charge >= 0.3 is 5.97 Å². The van der Waals surface area contributed by atoms with Gasteiger partial charge in [0.25, 0.3) is 5.91 Å². The molecule has 1 aromatic heterocycles. The standard InChI is InChI=1S/C18H15ClN2O4S/c19-13-5-1-2-6-14(13)24-10-17(23)25-9-16(22)21-18-12(8-20)11-4-3-7-15(11)26-18/h1-2,5-6H,3-4,7,9-10H2,(H,21,22). The molecule has 1 aliphatic carbocycles. The lowest BCUT2D eigenvalue weighted by atomic mass is 10.1. The minimum absolute atomic E-state index is 0.353. The second-order valence-electron chi connectivity index (χ2n) is 5.60. The number of esters is 1. The van der Waals surface area contributed by atoms with E-state index in [0.717, 1.165) is 29.7 Å². The molecule has 1 aliphatic rings. The Morgan fingerprint density at radius 2 is 2.08 bits per heavy atom. The van der Waals surface area contributed by atoms with Gasteiger partial charge in [-0.2, -0.15) is 5.26 Å². The Labute approximate surface area is 159 Å². The molecule has 0 unspecified atom stereocenters. The fourth-order valence-electron chi connectivity index (χ4n) is 2.66. The SMILES string of the molecule is N#Cc1c(NC(=O)COC(=O)COc2ccccc2Cl)sc2c1CCC2. The number of hydrogen-bond donors (Lipinski definition) is 1. The lowest BCUT2D eigenvalue weighted by Crippen LogP contribution is -2.23. The third-order valence-electron chi connectivity index (χ3n) is 3.83. The predicted octanol–water partition coefficient (Wildman–Crippen LogP) is 3.32. The van der Waals surface area contributed by atoms with Gasteiger partial charge in [0.1, 0.15) is 16.8 Å². The number of fused-ring (bicyclic) bond motifs is 1. The van der Waals surface area contributed by atoms with Crippen LogP contribution in [0.4, 0.5) is 5.00 Å². The minimum atomic E-state index is -0.686. The monoisotopic (exact) mass is 390 g/mol. The van der Waals surface area contributed by atoms with Crippen LogP contribution >= 0.6 is 22.9 Å². The molecule has 1 N–H and O–H groups in total. The molecule has 0 bridgehead atoms. The lowest BCUT2D eigenvalue weighted by molar-refractivity contribution is -0.149. The van der Waals surface area contributed by atoms with Gasteiger partial charge < -0.3 is 14.8 Å². The average molecular weight is 391 g/mol. The number of carbonyl (C=O) groups excluding carboxylic acids is 2. The van der Waals surface area contributed by atoms with E-state index in [2.05, 4.69) is 11.4 Å². The van der Waals surface area contributed by atoms with Crippen molar-refractivity contribution in [1.82, 2.24) is 0 Å². The quantitative estimate of drug-likeness (QED) is 0.764. The number of para-hydroxylation sites is 1. The zero-order chi connectivity index (χ0) is 18.5. The van der Waals surface area contributed by atoms with Crippen LogP contribution in [0.25, 0.3) is 0 Å². The molecule has 134 valence electrons. The Morgan fingerprint density at radius 1 is 1.27 bits per heavy atom. The number of benzene rings is 1. The molecule has 0 spiro atoms. The van der Waals surface area contributed by atoms with E-state index in [1.165, 1.54) is 11.3 Å². The molecular formula is C18H15ClN2O4S. The third-order valence-corrected chi connectivity index (χ3v) is 5.35. The summed E-state index contributed by atoms with van der Waals surface area (Å²) in [5.74, 6) is -0.816. The number of amides is 1. The van der Waals surface area contributed by atoms with E-state index in [0.29, 0.717) is 21.3 Å². The van der Waals surface area contributed by atoms with Crippen LogP contribution in [0.5, 0.6) is 5.75 Å². The molecule has 26 heavy (non-hydrogen) atoms. The number of rotatable bonds is 6. The summed E-state index contributed by atoms with van der Waals surface area (Å²) in [5, 5.41) is 12.8. The molecule has 1 heterocycles. The first-order valence-corrected chi connectivity index (χ1v) is 9.15. The molecule has 0 aliphatic heterocycles. The highest BCUT2D eigenvalue weighted by Crippen LogP contribution is 2.38. The number of halogens is 1. The van der Waals surface area contributed by atoms with Gasteiger partial charge in [0.05, 0.1) is 10.6 Å². The fourth-order valence-corrected chi connectivity index (χ4v) is 4.11. The van der Waals surface area contributed by atoms with Gasteiger partial charge in [-0.15, -0.1) is 11.3 Å². The van der Waals surface area contributed by atoms with E-state index >= 15 is 0 Å². The van der Waals surface area contributed by atoms with E-state index in [4.69, 9.17) is 21.1 Å². The number of anilines is 1. The molecule has 0 radical (unpaired) electrons. The molecule has 3 rings (SSSR count). The van der Waals surface area contributed by atoms with Crippen LogP contribution in [0.1, 0.15) is 22.4 Å². The predicted molar refractivity (Wildman–Crippen MR) is 97.6 cm³/mol. The highest BCUT2D eigenvalue weighted by Gasteiger charge is 2.23. The van der Waals surface area contributed by atoms with Crippen molar-refractivity contribution in [1.29, 1.82) is 5.26 Å². The van der Waals surface area contributed by atoms with Crippen molar-refractivity contribution < 1.29 is 19.1 Å². The highest BCUT2D eigenvalue weighted by atomic mass is 35.5. The van der Waals surface area contributed by atoms with E-state index in [-0.39, 0.29) is 6.61 Å². The molecule has 8 heteroatoms. The summed E-state index contributed by atoms with van der Waals surface area (Å²) in [6.07, 6.45) is 2.82. The number of thiophene rings is 1. The number of ether oxygens (including phenoxy) is 2. The summed E-state index contributed by atoms with van der Waals surface area (Å²) in [4.78, 5) is 24.8. The van der Waals surface area contributed by atoms with Crippen LogP contribution in [0.15, 0.2) is 24.3 Å². The van der Waals surface area contributed by atoms with Gasteiger partial charge in [-0.05, 0) is 37.0 Å². The maximum absolute atomic E-state index is 12.0. The first-order chi connectivity index (χ1) is 12.6. The second-order valence-corrected chi connectivity index (χ2v) is 7.11. The van der Waals surface area contributed by atoms with Gasteiger partial charge in [-0.3, -0.25) is 4.79 Å². The smallest absolute Gasteiger partial charge is 0.344 e. The third kappa shape index (κ3) is 4.15. The highest BCUT2D eigenvalue weighted by molar-refractivity contribution is 7.16. The van der Waals surface area contributed by atoms with E-state index in [9.17, 15) is 14.9 Å². The summed E-state index contributed by atoms with van der Waals surface area (Å²) < 4.78 is 10.1.